The summed E-state index contributed by atoms with van der Waals surface area (Å²) in [5.41, 5.74) is 8.94. The van der Waals surface area contributed by atoms with Crippen molar-refractivity contribution in [3.05, 3.63) is 35.4 Å². The van der Waals surface area contributed by atoms with Crippen molar-refractivity contribution in [3.63, 3.8) is 0 Å². The topological polar surface area (TPSA) is 38.0 Å². The zero-order chi connectivity index (χ0) is 14.5. The second-order valence-corrected chi connectivity index (χ2v) is 7.24. The van der Waals surface area contributed by atoms with E-state index in [1.54, 1.807) is 0 Å². The molecular formula is C17H30N2. The molecule has 0 aliphatic carbocycles. The molecule has 0 spiro atoms. The molecule has 1 aromatic rings. The van der Waals surface area contributed by atoms with Gasteiger partial charge in [-0.15, -0.1) is 0 Å². The molecule has 0 fully saturated rings. The maximum absolute atomic E-state index is 5.72. The van der Waals surface area contributed by atoms with Gasteiger partial charge in [0.15, 0.2) is 0 Å². The third-order valence-corrected chi connectivity index (χ3v) is 3.57. The molecule has 0 radical (unpaired) electrons. The summed E-state index contributed by atoms with van der Waals surface area (Å²) >= 11 is 0. The SMILES string of the molecule is CC(C)(CN)CNCCc1ccc(C(C)(C)C)cc1. The Hall–Kier alpha value is -0.860. The summed E-state index contributed by atoms with van der Waals surface area (Å²) in [4.78, 5) is 0. The minimum Gasteiger partial charge on any atom is -0.330 e. The Balaban J connectivity index is 2.39. The van der Waals surface area contributed by atoms with Crippen LogP contribution in [0.15, 0.2) is 24.3 Å². The highest BCUT2D eigenvalue weighted by Crippen LogP contribution is 2.22. The first-order valence-corrected chi connectivity index (χ1v) is 7.25. The van der Waals surface area contributed by atoms with Crippen LogP contribution < -0.4 is 11.1 Å². The van der Waals surface area contributed by atoms with Crippen LogP contribution in [0.1, 0.15) is 45.7 Å². The number of rotatable bonds is 6. The average molecular weight is 262 g/mol. The zero-order valence-corrected chi connectivity index (χ0v) is 13.2. The highest BCUT2D eigenvalue weighted by Gasteiger charge is 2.14. The van der Waals surface area contributed by atoms with Gasteiger partial charge in [0.2, 0.25) is 0 Å². The molecule has 1 rings (SSSR count). The van der Waals surface area contributed by atoms with Crippen molar-refractivity contribution in [2.75, 3.05) is 19.6 Å². The quantitative estimate of drug-likeness (QED) is 0.773. The van der Waals surface area contributed by atoms with E-state index in [1.807, 2.05) is 0 Å². The van der Waals surface area contributed by atoms with Crippen molar-refractivity contribution in [2.24, 2.45) is 11.1 Å². The molecule has 0 aliphatic rings. The Morgan fingerprint density at radius 3 is 2.05 bits per heavy atom. The molecule has 0 aromatic heterocycles. The van der Waals surface area contributed by atoms with Gasteiger partial charge in [-0.25, -0.2) is 0 Å². The fourth-order valence-corrected chi connectivity index (χ4v) is 1.90. The highest BCUT2D eigenvalue weighted by atomic mass is 14.9. The lowest BCUT2D eigenvalue weighted by Gasteiger charge is -2.22. The van der Waals surface area contributed by atoms with E-state index in [2.05, 4.69) is 64.2 Å². The van der Waals surface area contributed by atoms with Gasteiger partial charge in [0.25, 0.3) is 0 Å². The maximum Gasteiger partial charge on any atom is 0.00147 e. The number of nitrogens with one attached hydrogen (secondary N) is 1. The lowest BCUT2D eigenvalue weighted by atomic mass is 9.86. The van der Waals surface area contributed by atoms with Gasteiger partial charge < -0.3 is 11.1 Å². The van der Waals surface area contributed by atoms with Gasteiger partial charge in [0, 0.05) is 6.54 Å². The summed E-state index contributed by atoms with van der Waals surface area (Å²) < 4.78 is 0. The third-order valence-electron chi connectivity index (χ3n) is 3.57. The van der Waals surface area contributed by atoms with Crippen molar-refractivity contribution in [3.8, 4) is 0 Å². The Kier molecular flexibility index (Phi) is 5.57. The summed E-state index contributed by atoms with van der Waals surface area (Å²) in [6.07, 6.45) is 1.07. The highest BCUT2D eigenvalue weighted by molar-refractivity contribution is 5.27. The van der Waals surface area contributed by atoms with Gasteiger partial charge in [0.1, 0.15) is 0 Å². The maximum atomic E-state index is 5.72. The van der Waals surface area contributed by atoms with E-state index in [1.165, 1.54) is 11.1 Å². The second kappa shape index (κ2) is 6.53. The van der Waals surface area contributed by atoms with Crippen LogP contribution in [0.4, 0.5) is 0 Å². The summed E-state index contributed by atoms with van der Waals surface area (Å²) in [5.74, 6) is 0. The molecule has 3 N–H and O–H groups in total. The van der Waals surface area contributed by atoms with Crippen molar-refractivity contribution in [1.29, 1.82) is 0 Å². The monoisotopic (exact) mass is 262 g/mol. The first-order chi connectivity index (χ1) is 8.74. The van der Waals surface area contributed by atoms with Crippen LogP contribution >= 0.6 is 0 Å². The van der Waals surface area contributed by atoms with Crippen LogP contribution in [0, 0.1) is 5.41 Å². The molecule has 2 heteroatoms. The lowest BCUT2D eigenvalue weighted by molar-refractivity contribution is 0.353. The minimum atomic E-state index is 0.191. The van der Waals surface area contributed by atoms with Gasteiger partial charge >= 0.3 is 0 Å². The van der Waals surface area contributed by atoms with Crippen molar-refractivity contribution >= 4 is 0 Å². The largest absolute Gasteiger partial charge is 0.330 e. The standard InChI is InChI=1S/C17H30N2/c1-16(2,3)15-8-6-14(7-9-15)10-11-19-13-17(4,5)12-18/h6-9,19H,10-13,18H2,1-5H3. The van der Waals surface area contributed by atoms with Crippen LogP contribution in [0.2, 0.25) is 0 Å². The zero-order valence-electron chi connectivity index (χ0n) is 13.2. The van der Waals surface area contributed by atoms with E-state index in [9.17, 15) is 0 Å². The summed E-state index contributed by atoms with van der Waals surface area (Å²) in [6, 6.07) is 8.99. The summed E-state index contributed by atoms with van der Waals surface area (Å²) in [5, 5.41) is 3.49. The van der Waals surface area contributed by atoms with E-state index in [0.717, 1.165) is 26.1 Å². The van der Waals surface area contributed by atoms with E-state index >= 15 is 0 Å². The molecule has 0 saturated carbocycles. The van der Waals surface area contributed by atoms with Crippen molar-refractivity contribution in [2.45, 2.75) is 46.5 Å². The molecule has 0 aliphatic heterocycles. The molecule has 1 aromatic carbocycles. The van der Waals surface area contributed by atoms with E-state index in [0.29, 0.717) is 0 Å². The van der Waals surface area contributed by atoms with Crippen LogP contribution in [0.5, 0.6) is 0 Å². The number of hydrogen-bond acceptors (Lipinski definition) is 2. The fourth-order valence-electron chi connectivity index (χ4n) is 1.90. The first-order valence-electron chi connectivity index (χ1n) is 7.25. The lowest BCUT2D eigenvalue weighted by Crippen LogP contribution is -2.36. The Morgan fingerprint density at radius 2 is 1.58 bits per heavy atom. The minimum absolute atomic E-state index is 0.191. The van der Waals surface area contributed by atoms with Crippen LogP contribution in [-0.2, 0) is 11.8 Å². The number of hydrogen-bond donors (Lipinski definition) is 2. The van der Waals surface area contributed by atoms with E-state index < -0.39 is 0 Å². The van der Waals surface area contributed by atoms with Gasteiger partial charge in [-0.05, 0) is 41.5 Å². The molecule has 108 valence electrons. The van der Waals surface area contributed by atoms with Gasteiger partial charge in [-0.1, -0.05) is 58.9 Å². The molecule has 0 atom stereocenters. The molecule has 0 saturated heterocycles. The Bertz CT molecular complexity index is 371. The first kappa shape index (κ1) is 16.2. The van der Waals surface area contributed by atoms with Gasteiger partial charge in [0.05, 0.1) is 0 Å². The number of nitrogens with two attached hydrogens (primary N) is 1. The normalized spacial score (nSPS) is 12.7. The fraction of sp³-hybridized carbons (Fsp3) is 0.647. The van der Waals surface area contributed by atoms with Gasteiger partial charge in [-0.2, -0.15) is 0 Å². The molecule has 19 heavy (non-hydrogen) atoms. The molecule has 2 nitrogen and oxygen atoms in total. The van der Waals surface area contributed by atoms with Gasteiger partial charge in [-0.3, -0.25) is 0 Å². The predicted octanol–water partition coefficient (Wildman–Crippen LogP) is 3.10. The van der Waals surface area contributed by atoms with Crippen LogP contribution in [0.3, 0.4) is 0 Å². The summed E-state index contributed by atoms with van der Waals surface area (Å²) in [7, 11) is 0. The second-order valence-electron chi connectivity index (χ2n) is 7.24. The van der Waals surface area contributed by atoms with Crippen molar-refractivity contribution in [1.82, 2.24) is 5.32 Å². The van der Waals surface area contributed by atoms with E-state index in [4.69, 9.17) is 5.73 Å². The van der Waals surface area contributed by atoms with E-state index in [-0.39, 0.29) is 10.8 Å². The average Bonchev–Trinajstić information content (AvgIpc) is 2.34. The third kappa shape index (κ3) is 5.75. The van der Waals surface area contributed by atoms with Crippen molar-refractivity contribution < 1.29 is 0 Å². The smallest absolute Gasteiger partial charge is 0.00147 e. The molecule has 0 bridgehead atoms. The Morgan fingerprint density at radius 1 is 1.00 bits per heavy atom. The molecular weight excluding hydrogens is 232 g/mol. The van der Waals surface area contributed by atoms with Crippen LogP contribution in [-0.4, -0.2) is 19.6 Å². The summed E-state index contributed by atoms with van der Waals surface area (Å²) in [6.45, 7) is 13.8. The number of benzene rings is 1. The molecule has 0 unspecified atom stereocenters. The predicted molar refractivity (Wildman–Crippen MR) is 84.6 cm³/mol. The Labute approximate surface area is 118 Å². The molecule has 0 amide bonds. The van der Waals surface area contributed by atoms with Crippen LogP contribution in [0.25, 0.3) is 0 Å². The molecule has 0 heterocycles.